The third-order valence-electron chi connectivity index (χ3n) is 3.68. The van der Waals surface area contributed by atoms with Crippen molar-refractivity contribution < 1.29 is 13.2 Å². The van der Waals surface area contributed by atoms with Gasteiger partial charge in [-0.1, -0.05) is 23.7 Å². The first kappa shape index (κ1) is 16.3. The third kappa shape index (κ3) is 4.43. The van der Waals surface area contributed by atoms with Gasteiger partial charge in [-0.2, -0.15) is 0 Å². The van der Waals surface area contributed by atoms with E-state index in [1.807, 2.05) is 19.1 Å². The Labute approximate surface area is 129 Å². The Hall–Kier alpha value is -1.11. The number of amides is 1. The molecule has 3 N–H and O–H groups in total. The largest absolute Gasteiger partial charge is 0.350 e. The molecule has 1 saturated heterocycles. The molecule has 1 aliphatic heterocycles. The maximum atomic E-state index is 12.1. The molecule has 7 heteroatoms. The molecule has 0 radical (unpaired) electrons. The van der Waals surface area contributed by atoms with E-state index in [4.69, 9.17) is 17.3 Å². The first-order valence-electron chi connectivity index (χ1n) is 6.73. The molecule has 1 heterocycles. The zero-order valence-electron chi connectivity index (χ0n) is 11.8. The van der Waals surface area contributed by atoms with Crippen molar-refractivity contribution in [3.63, 3.8) is 0 Å². The summed E-state index contributed by atoms with van der Waals surface area (Å²) in [6.07, 6.45) is 0.349. The number of benzene rings is 1. The molecule has 21 heavy (non-hydrogen) atoms. The minimum Gasteiger partial charge on any atom is -0.350 e. The molecule has 1 aliphatic rings. The number of hydrogen-bond donors (Lipinski definition) is 2. The van der Waals surface area contributed by atoms with Crippen LogP contribution in [0.5, 0.6) is 0 Å². The van der Waals surface area contributed by atoms with Crippen molar-refractivity contribution in [2.45, 2.75) is 31.3 Å². The summed E-state index contributed by atoms with van der Waals surface area (Å²) in [6.45, 7) is 1.86. The summed E-state index contributed by atoms with van der Waals surface area (Å²) in [6, 6.07) is 7.01. The molecule has 0 spiro atoms. The monoisotopic (exact) mass is 330 g/mol. The number of halogens is 1. The van der Waals surface area contributed by atoms with E-state index in [1.165, 1.54) is 0 Å². The molecule has 5 nitrogen and oxygen atoms in total. The fourth-order valence-electron chi connectivity index (χ4n) is 2.53. The lowest BCUT2D eigenvalue weighted by molar-refractivity contribution is -0.122. The van der Waals surface area contributed by atoms with E-state index >= 15 is 0 Å². The van der Waals surface area contributed by atoms with Crippen molar-refractivity contribution in [2.24, 2.45) is 5.73 Å². The highest BCUT2D eigenvalue weighted by molar-refractivity contribution is 7.91. The molecule has 1 amide bonds. The number of nitrogens with two attached hydrogens (primary N) is 1. The molecular weight excluding hydrogens is 312 g/mol. The summed E-state index contributed by atoms with van der Waals surface area (Å²) < 4.78 is 23.0. The molecule has 1 fully saturated rings. The molecule has 0 saturated carbocycles. The van der Waals surface area contributed by atoms with Crippen LogP contribution in [0.25, 0.3) is 0 Å². The highest BCUT2D eigenvalue weighted by Gasteiger charge is 2.40. The van der Waals surface area contributed by atoms with Crippen molar-refractivity contribution in [1.29, 1.82) is 0 Å². The molecule has 0 bridgehead atoms. The minimum atomic E-state index is -3.10. The second-order valence-corrected chi connectivity index (χ2v) is 8.34. The zero-order chi connectivity index (χ0) is 15.7. The van der Waals surface area contributed by atoms with Gasteiger partial charge in [0.15, 0.2) is 9.84 Å². The van der Waals surface area contributed by atoms with E-state index in [2.05, 4.69) is 5.32 Å². The quantitative estimate of drug-likeness (QED) is 0.873. The Morgan fingerprint density at radius 2 is 2.05 bits per heavy atom. The van der Waals surface area contributed by atoms with Gasteiger partial charge in [-0.3, -0.25) is 4.79 Å². The van der Waals surface area contributed by atoms with Crippen molar-refractivity contribution >= 4 is 27.3 Å². The first-order valence-corrected chi connectivity index (χ1v) is 8.93. The van der Waals surface area contributed by atoms with E-state index in [-0.39, 0.29) is 29.9 Å². The maximum absolute atomic E-state index is 12.1. The number of hydrogen-bond acceptors (Lipinski definition) is 4. The van der Waals surface area contributed by atoms with Gasteiger partial charge in [0.1, 0.15) is 0 Å². The van der Waals surface area contributed by atoms with E-state index in [9.17, 15) is 13.2 Å². The summed E-state index contributed by atoms with van der Waals surface area (Å²) in [7, 11) is -3.10. The Balaban J connectivity index is 1.94. The Morgan fingerprint density at radius 3 is 2.57 bits per heavy atom. The molecular formula is C14H19ClN2O3S. The van der Waals surface area contributed by atoms with Gasteiger partial charge in [-0.15, -0.1) is 0 Å². The number of carbonyl (C=O) groups is 1. The van der Waals surface area contributed by atoms with E-state index in [1.54, 1.807) is 12.1 Å². The summed E-state index contributed by atoms with van der Waals surface area (Å²) in [5.41, 5.74) is 6.00. The van der Waals surface area contributed by atoms with Crippen LogP contribution in [0.4, 0.5) is 0 Å². The standard InChI is InChI=1S/C14H19ClN2O3S/c1-10(11-2-4-12(15)5-3-11)17-13(18)8-14(16)6-7-21(19,20)9-14/h2-5,10H,6-9,16H2,1H3,(H,17,18). The van der Waals surface area contributed by atoms with Crippen molar-refractivity contribution in [3.05, 3.63) is 34.9 Å². The number of nitrogens with one attached hydrogen (secondary N) is 1. The van der Waals surface area contributed by atoms with Crippen LogP contribution in [0.1, 0.15) is 31.4 Å². The lowest BCUT2D eigenvalue weighted by atomic mass is 9.95. The van der Waals surface area contributed by atoms with E-state index in [0.29, 0.717) is 11.4 Å². The van der Waals surface area contributed by atoms with Gasteiger partial charge < -0.3 is 11.1 Å². The molecule has 116 valence electrons. The Bertz CT molecular complexity index is 630. The SMILES string of the molecule is CC(NC(=O)CC1(N)CCS(=O)(=O)C1)c1ccc(Cl)cc1. The highest BCUT2D eigenvalue weighted by atomic mass is 35.5. The summed E-state index contributed by atoms with van der Waals surface area (Å²) in [5.74, 6) is -0.302. The predicted molar refractivity (Wildman–Crippen MR) is 82.8 cm³/mol. The smallest absolute Gasteiger partial charge is 0.222 e. The summed E-state index contributed by atoms with van der Waals surface area (Å²) >= 11 is 5.82. The van der Waals surface area contributed by atoms with Crippen molar-refractivity contribution in [2.75, 3.05) is 11.5 Å². The fourth-order valence-corrected chi connectivity index (χ4v) is 4.64. The van der Waals surface area contributed by atoms with Gasteiger partial charge in [0.25, 0.3) is 0 Å². The lowest BCUT2D eigenvalue weighted by Gasteiger charge is -2.23. The van der Waals surface area contributed by atoms with Gasteiger partial charge in [0.05, 0.1) is 17.5 Å². The number of sulfone groups is 1. The van der Waals surface area contributed by atoms with Crippen LogP contribution in [-0.4, -0.2) is 31.4 Å². The second-order valence-electron chi connectivity index (χ2n) is 5.72. The molecule has 0 aliphatic carbocycles. The average molecular weight is 331 g/mol. The lowest BCUT2D eigenvalue weighted by Crippen LogP contribution is -2.46. The fraction of sp³-hybridized carbons (Fsp3) is 0.500. The molecule has 1 aromatic carbocycles. The molecule has 2 unspecified atom stereocenters. The van der Waals surface area contributed by atoms with Gasteiger partial charge in [0.2, 0.25) is 5.91 Å². The molecule has 0 aromatic heterocycles. The van der Waals surface area contributed by atoms with Gasteiger partial charge >= 0.3 is 0 Å². The van der Waals surface area contributed by atoms with E-state index < -0.39 is 15.4 Å². The van der Waals surface area contributed by atoms with Crippen LogP contribution in [0.3, 0.4) is 0 Å². The first-order chi connectivity index (χ1) is 9.69. The normalized spacial score (nSPS) is 25.5. The minimum absolute atomic E-state index is 0.0180. The van der Waals surface area contributed by atoms with E-state index in [0.717, 1.165) is 5.56 Å². The molecule has 2 atom stereocenters. The summed E-state index contributed by atoms with van der Waals surface area (Å²) in [4.78, 5) is 12.1. The molecule has 1 aromatic rings. The predicted octanol–water partition coefficient (Wildman–Crippen LogP) is 1.42. The van der Waals surface area contributed by atoms with Crippen molar-refractivity contribution in [3.8, 4) is 0 Å². The molecule has 2 rings (SSSR count). The van der Waals surface area contributed by atoms with Crippen molar-refractivity contribution in [1.82, 2.24) is 5.32 Å². The Kier molecular flexibility index (Phi) is 4.60. The second kappa shape index (κ2) is 5.94. The highest BCUT2D eigenvalue weighted by Crippen LogP contribution is 2.24. The Morgan fingerprint density at radius 1 is 1.43 bits per heavy atom. The van der Waals surface area contributed by atoms with Crippen LogP contribution in [0, 0.1) is 0 Å². The van der Waals surface area contributed by atoms with Crippen LogP contribution >= 0.6 is 11.6 Å². The summed E-state index contributed by atoms with van der Waals surface area (Å²) in [5, 5.41) is 3.47. The van der Waals surface area contributed by atoms with Gasteiger partial charge in [-0.05, 0) is 31.0 Å². The van der Waals surface area contributed by atoms with Gasteiger partial charge in [-0.25, -0.2) is 8.42 Å². The topological polar surface area (TPSA) is 89.3 Å². The third-order valence-corrected chi connectivity index (χ3v) is 5.77. The number of rotatable bonds is 4. The van der Waals surface area contributed by atoms with Crippen LogP contribution in [-0.2, 0) is 14.6 Å². The zero-order valence-corrected chi connectivity index (χ0v) is 13.4. The van der Waals surface area contributed by atoms with Crippen LogP contribution < -0.4 is 11.1 Å². The van der Waals surface area contributed by atoms with Crippen LogP contribution in [0.15, 0.2) is 24.3 Å². The van der Waals surface area contributed by atoms with Gasteiger partial charge in [0, 0.05) is 17.0 Å². The average Bonchev–Trinajstić information content (AvgIpc) is 2.63. The van der Waals surface area contributed by atoms with Crippen LogP contribution in [0.2, 0.25) is 5.02 Å². The number of carbonyl (C=O) groups excluding carboxylic acids is 1. The maximum Gasteiger partial charge on any atom is 0.222 e.